The molecule has 2 aromatic heterocycles. The van der Waals surface area contributed by atoms with Crippen LogP contribution in [0.25, 0.3) is 43.6 Å². The second-order valence-electron chi connectivity index (χ2n) is 9.31. The highest BCUT2D eigenvalue weighted by molar-refractivity contribution is 6.09. The summed E-state index contributed by atoms with van der Waals surface area (Å²) in [6.07, 6.45) is 0. The van der Waals surface area contributed by atoms with Crippen LogP contribution in [0.15, 0.2) is 97.1 Å². The van der Waals surface area contributed by atoms with Crippen molar-refractivity contribution in [2.24, 2.45) is 14.1 Å². The van der Waals surface area contributed by atoms with Gasteiger partial charge in [0.05, 0.1) is 22.1 Å². The lowest BCUT2D eigenvalue weighted by molar-refractivity contribution is 0.925. The number of para-hydroxylation sites is 4. The molecule has 0 atom stereocenters. The monoisotopic (exact) mass is 486 g/mol. The number of aryl methyl sites for hydroxylation is 2. The standard InChI is InChI=1S/C34H22N4/c1-37-31-17-9-7-15-29(31)35-33(37)21-19-27-23-11-3-5-13-25(23)28(26-14-6-4-12-24(26)27)20-22-34-36-30-16-8-10-18-32(30)38(34)2/h3-18H,1-2H3. The Bertz CT molecular complexity index is 1960. The number of nitrogens with zero attached hydrogens (tertiary/aromatic N) is 4. The highest BCUT2D eigenvalue weighted by Crippen LogP contribution is 2.32. The quantitative estimate of drug-likeness (QED) is 0.180. The van der Waals surface area contributed by atoms with Crippen molar-refractivity contribution in [2.75, 3.05) is 0 Å². The highest BCUT2D eigenvalue weighted by Gasteiger charge is 2.12. The molecule has 0 spiro atoms. The number of aromatic nitrogens is 4. The first kappa shape index (κ1) is 21.9. The van der Waals surface area contributed by atoms with Gasteiger partial charge in [0.2, 0.25) is 0 Å². The van der Waals surface area contributed by atoms with Crippen molar-refractivity contribution in [2.45, 2.75) is 0 Å². The Labute approximate surface area is 220 Å². The molecule has 0 fully saturated rings. The Morgan fingerprint density at radius 2 is 0.789 bits per heavy atom. The van der Waals surface area contributed by atoms with Crippen molar-refractivity contribution in [3.63, 3.8) is 0 Å². The summed E-state index contributed by atoms with van der Waals surface area (Å²) < 4.78 is 4.09. The van der Waals surface area contributed by atoms with Gasteiger partial charge in [-0.3, -0.25) is 0 Å². The zero-order chi connectivity index (χ0) is 25.6. The molecule has 0 aliphatic rings. The van der Waals surface area contributed by atoms with Crippen LogP contribution in [-0.2, 0) is 14.1 Å². The normalized spacial score (nSPS) is 11.0. The molecule has 38 heavy (non-hydrogen) atoms. The molecule has 0 radical (unpaired) electrons. The summed E-state index contributed by atoms with van der Waals surface area (Å²) in [6.45, 7) is 0. The van der Waals surface area contributed by atoms with Crippen molar-refractivity contribution < 1.29 is 0 Å². The van der Waals surface area contributed by atoms with E-state index in [4.69, 9.17) is 9.97 Å². The number of hydrogen-bond acceptors (Lipinski definition) is 2. The van der Waals surface area contributed by atoms with Crippen molar-refractivity contribution in [3.05, 3.63) is 120 Å². The van der Waals surface area contributed by atoms with E-state index >= 15 is 0 Å². The van der Waals surface area contributed by atoms with E-state index in [1.165, 1.54) is 0 Å². The first-order chi connectivity index (χ1) is 18.7. The summed E-state index contributed by atoms with van der Waals surface area (Å²) >= 11 is 0. The fourth-order valence-corrected chi connectivity index (χ4v) is 5.15. The molecule has 178 valence electrons. The number of hydrogen-bond donors (Lipinski definition) is 0. The van der Waals surface area contributed by atoms with E-state index in [9.17, 15) is 0 Å². The third-order valence-electron chi connectivity index (χ3n) is 7.10. The van der Waals surface area contributed by atoms with Crippen molar-refractivity contribution in [1.29, 1.82) is 0 Å². The van der Waals surface area contributed by atoms with Crippen LogP contribution in [0, 0.1) is 23.7 Å². The number of benzene rings is 5. The molecule has 0 aliphatic carbocycles. The molecule has 0 saturated heterocycles. The Hall–Kier alpha value is -5.32. The average Bonchev–Trinajstić information content (AvgIpc) is 3.46. The van der Waals surface area contributed by atoms with Gasteiger partial charge in [-0.15, -0.1) is 0 Å². The van der Waals surface area contributed by atoms with E-state index < -0.39 is 0 Å². The third kappa shape index (κ3) is 3.44. The third-order valence-corrected chi connectivity index (χ3v) is 7.10. The molecule has 0 amide bonds. The minimum atomic E-state index is 0.741. The van der Waals surface area contributed by atoms with Crippen LogP contribution in [0.5, 0.6) is 0 Å². The lowest BCUT2D eigenvalue weighted by Crippen LogP contribution is -1.94. The van der Waals surface area contributed by atoms with E-state index in [1.54, 1.807) is 0 Å². The van der Waals surface area contributed by atoms with Crippen LogP contribution in [0.1, 0.15) is 22.8 Å². The van der Waals surface area contributed by atoms with E-state index in [2.05, 4.69) is 84.3 Å². The maximum atomic E-state index is 4.75. The van der Waals surface area contributed by atoms with Crippen LogP contribution in [0.4, 0.5) is 0 Å². The van der Waals surface area contributed by atoms with E-state index in [0.717, 1.165) is 66.4 Å². The summed E-state index contributed by atoms with van der Waals surface area (Å²) in [5, 5.41) is 4.30. The second-order valence-corrected chi connectivity index (χ2v) is 9.31. The number of imidazole rings is 2. The Morgan fingerprint density at radius 3 is 1.16 bits per heavy atom. The maximum Gasteiger partial charge on any atom is 0.186 e. The van der Waals surface area contributed by atoms with Crippen molar-refractivity contribution >= 4 is 43.6 Å². The van der Waals surface area contributed by atoms with Gasteiger partial charge in [0.1, 0.15) is 0 Å². The van der Waals surface area contributed by atoms with Gasteiger partial charge in [-0.1, -0.05) is 84.6 Å². The predicted octanol–water partition coefficient (Wildman–Crippen LogP) is 6.57. The minimum Gasteiger partial charge on any atom is -0.320 e. The van der Waals surface area contributed by atoms with Crippen molar-refractivity contribution in [1.82, 2.24) is 19.1 Å². The SMILES string of the molecule is Cn1c(C#Cc2c3ccccc3c(C#Cc3nc4ccccc4n3C)c3ccccc23)nc2ccccc21. The summed E-state index contributed by atoms with van der Waals surface area (Å²) in [7, 11) is 4.02. The molecule has 7 rings (SSSR count). The van der Waals surface area contributed by atoms with Gasteiger partial charge in [0.25, 0.3) is 0 Å². The van der Waals surface area contributed by atoms with E-state index in [0.29, 0.717) is 0 Å². The van der Waals surface area contributed by atoms with Crippen LogP contribution in [0.2, 0.25) is 0 Å². The largest absolute Gasteiger partial charge is 0.320 e. The zero-order valence-corrected chi connectivity index (χ0v) is 21.0. The molecular weight excluding hydrogens is 464 g/mol. The van der Waals surface area contributed by atoms with Crippen LogP contribution in [-0.4, -0.2) is 19.1 Å². The van der Waals surface area contributed by atoms with E-state index in [1.807, 2.05) is 59.6 Å². The maximum absolute atomic E-state index is 4.75. The zero-order valence-electron chi connectivity index (χ0n) is 21.0. The summed E-state index contributed by atoms with van der Waals surface area (Å²) in [5.74, 6) is 15.1. The molecule has 5 aromatic carbocycles. The van der Waals surface area contributed by atoms with Gasteiger partial charge in [-0.05, 0) is 57.7 Å². The Morgan fingerprint density at radius 1 is 0.447 bits per heavy atom. The average molecular weight is 487 g/mol. The molecule has 0 saturated carbocycles. The molecule has 2 heterocycles. The van der Waals surface area contributed by atoms with Gasteiger partial charge in [-0.2, -0.15) is 0 Å². The van der Waals surface area contributed by atoms with Gasteiger partial charge in [0.15, 0.2) is 11.6 Å². The summed E-state index contributed by atoms with van der Waals surface area (Å²) in [4.78, 5) is 9.50. The fraction of sp³-hybridized carbons (Fsp3) is 0.0588. The molecule has 4 heteroatoms. The highest BCUT2D eigenvalue weighted by atomic mass is 15.1. The van der Waals surface area contributed by atoms with Crippen LogP contribution >= 0.6 is 0 Å². The fourth-order valence-electron chi connectivity index (χ4n) is 5.15. The molecule has 0 bridgehead atoms. The molecule has 0 N–H and O–H groups in total. The first-order valence-corrected chi connectivity index (χ1v) is 12.5. The molecule has 4 nitrogen and oxygen atoms in total. The number of rotatable bonds is 0. The van der Waals surface area contributed by atoms with Gasteiger partial charge in [0, 0.05) is 25.2 Å². The lowest BCUT2D eigenvalue weighted by atomic mass is 9.92. The predicted molar refractivity (Wildman–Crippen MR) is 155 cm³/mol. The molecule has 0 unspecified atom stereocenters. The second kappa shape index (κ2) is 8.66. The van der Waals surface area contributed by atoms with E-state index in [-0.39, 0.29) is 0 Å². The topological polar surface area (TPSA) is 35.6 Å². The van der Waals surface area contributed by atoms with Crippen LogP contribution in [0.3, 0.4) is 0 Å². The summed E-state index contributed by atoms with van der Waals surface area (Å²) in [6, 6.07) is 32.9. The first-order valence-electron chi connectivity index (χ1n) is 12.5. The Kier molecular flexibility index (Phi) is 5.00. The summed E-state index contributed by atoms with van der Waals surface area (Å²) in [5.41, 5.74) is 5.99. The van der Waals surface area contributed by atoms with Gasteiger partial charge >= 0.3 is 0 Å². The minimum absolute atomic E-state index is 0.741. The Balaban J connectivity index is 1.45. The molecule has 0 aliphatic heterocycles. The molecule has 7 aromatic rings. The van der Waals surface area contributed by atoms with Crippen molar-refractivity contribution in [3.8, 4) is 23.7 Å². The van der Waals surface area contributed by atoms with Gasteiger partial charge < -0.3 is 9.13 Å². The lowest BCUT2D eigenvalue weighted by Gasteiger charge is -2.10. The molecular formula is C34H22N4. The van der Waals surface area contributed by atoms with Crippen LogP contribution < -0.4 is 0 Å². The smallest absolute Gasteiger partial charge is 0.186 e. The van der Waals surface area contributed by atoms with Gasteiger partial charge in [-0.25, -0.2) is 9.97 Å². The number of fused-ring (bicyclic) bond motifs is 4.